The summed E-state index contributed by atoms with van der Waals surface area (Å²) >= 11 is 0. The summed E-state index contributed by atoms with van der Waals surface area (Å²) in [7, 11) is 0. The van der Waals surface area contributed by atoms with Gasteiger partial charge in [0.05, 0.1) is 0 Å². The van der Waals surface area contributed by atoms with E-state index in [1.165, 1.54) is 49.0 Å². The Hall–Kier alpha value is -4.88. The maximum Gasteiger partial charge on any atom is 0.143 e. The molecule has 0 unspecified atom stereocenters. The summed E-state index contributed by atoms with van der Waals surface area (Å²) in [6.45, 7) is 16.2. The number of furan rings is 1. The molecule has 7 aromatic carbocycles. The second kappa shape index (κ2) is 11.7. The van der Waals surface area contributed by atoms with Crippen LogP contribution in [0.3, 0.4) is 0 Å². The monoisotopic (exact) mass is 572 g/mol. The summed E-state index contributed by atoms with van der Waals surface area (Å²) in [4.78, 5) is 0. The molecule has 8 rings (SSSR count). The summed E-state index contributed by atoms with van der Waals surface area (Å²) in [6.07, 6.45) is 1.75. The Bertz CT molecular complexity index is 2250. The minimum Gasteiger partial charge on any atom is -0.455 e. The lowest BCUT2D eigenvalue weighted by molar-refractivity contribution is 0.596. The van der Waals surface area contributed by atoms with Crippen LogP contribution in [0, 0.1) is 0 Å². The maximum absolute atomic E-state index is 6.37. The first-order valence-electron chi connectivity index (χ1n) is 15.7. The van der Waals surface area contributed by atoms with E-state index < -0.39 is 0 Å². The number of hydrogen-bond acceptors (Lipinski definition) is 1. The zero-order chi connectivity index (χ0) is 31.0. The molecule has 218 valence electrons. The Morgan fingerprint density at radius 2 is 1.14 bits per heavy atom. The van der Waals surface area contributed by atoms with Gasteiger partial charge in [-0.3, -0.25) is 0 Å². The highest BCUT2D eigenvalue weighted by Gasteiger charge is 2.20. The molecule has 0 radical (unpaired) electrons. The largest absolute Gasteiger partial charge is 0.455 e. The average Bonchev–Trinajstić information content (AvgIpc) is 3.43. The molecule has 8 aromatic rings. The molecule has 1 nitrogen and oxygen atoms in total. The average molecular weight is 573 g/mol. The second-order valence-electron chi connectivity index (χ2n) is 12.2. The van der Waals surface area contributed by atoms with E-state index in [-0.39, 0.29) is 5.41 Å². The highest BCUT2D eigenvalue weighted by atomic mass is 16.3. The standard InChI is InChI=1S/C38H28O.C3H6.C2H6/c1-38(2,3)33-21-17-24-15-19-30-27(18-14-23-16-20-32(33)36(24)35(23)30)25-8-6-9-26(22-25)28-11-7-12-31-29-10-4-5-13-34(29)39-37(28)31;1-3-2;1-2/h4-22H,1-3H3;3H,1H2,2H3;1-2H3. The van der Waals surface area contributed by atoms with Crippen molar-refractivity contribution in [2.45, 2.75) is 47.0 Å². The third-order valence-electron chi connectivity index (χ3n) is 8.36. The number of benzene rings is 7. The third-order valence-corrected chi connectivity index (χ3v) is 8.36. The fourth-order valence-electron chi connectivity index (χ4n) is 6.54. The van der Waals surface area contributed by atoms with Crippen LogP contribution in [0.25, 0.3) is 76.5 Å². The minimum atomic E-state index is 0.0805. The molecule has 0 saturated carbocycles. The van der Waals surface area contributed by atoms with Crippen LogP contribution in [-0.4, -0.2) is 0 Å². The molecule has 1 heterocycles. The molecular formula is C43H40O. The van der Waals surface area contributed by atoms with Crippen molar-refractivity contribution in [1.82, 2.24) is 0 Å². The zero-order valence-corrected chi connectivity index (χ0v) is 26.7. The first-order chi connectivity index (χ1) is 21.4. The molecule has 0 N–H and O–H groups in total. The van der Waals surface area contributed by atoms with E-state index in [0.717, 1.165) is 33.1 Å². The molecule has 0 saturated heterocycles. The van der Waals surface area contributed by atoms with Crippen molar-refractivity contribution in [2.24, 2.45) is 0 Å². The summed E-state index contributed by atoms with van der Waals surface area (Å²) in [5, 5.41) is 10.3. The van der Waals surface area contributed by atoms with E-state index in [9.17, 15) is 0 Å². The van der Waals surface area contributed by atoms with Crippen LogP contribution in [0.4, 0.5) is 0 Å². The number of rotatable bonds is 2. The van der Waals surface area contributed by atoms with Gasteiger partial charge in [0.25, 0.3) is 0 Å². The number of allylic oxidation sites excluding steroid dienone is 1. The molecule has 0 aliphatic heterocycles. The van der Waals surface area contributed by atoms with E-state index in [1.54, 1.807) is 6.08 Å². The fourth-order valence-corrected chi connectivity index (χ4v) is 6.54. The molecule has 0 spiro atoms. The molecule has 0 fully saturated rings. The van der Waals surface area contributed by atoms with E-state index in [1.807, 2.05) is 32.9 Å². The first kappa shape index (κ1) is 29.2. The Morgan fingerprint density at radius 3 is 1.86 bits per heavy atom. The van der Waals surface area contributed by atoms with Gasteiger partial charge in [-0.1, -0.05) is 144 Å². The van der Waals surface area contributed by atoms with Crippen molar-refractivity contribution in [3.05, 3.63) is 133 Å². The molecule has 0 atom stereocenters. The summed E-state index contributed by atoms with van der Waals surface area (Å²) in [5.74, 6) is 0. The number of fused-ring (bicyclic) bond motifs is 3. The van der Waals surface area contributed by atoms with Gasteiger partial charge in [-0.15, -0.1) is 6.58 Å². The summed E-state index contributed by atoms with van der Waals surface area (Å²) < 4.78 is 6.37. The highest BCUT2D eigenvalue weighted by Crippen LogP contribution is 2.43. The van der Waals surface area contributed by atoms with Gasteiger partial charge < -0.3 is 4.42 Å². The van der Waals surface area contributed by atoms with Gasteiger partial charge in [0.1, 0.15) is 11.2 Å². The van der Waals surface area contributed by atoms with Gasteiger partial charge in [0, 0.05) is 16.3 Å². The smallest absolute Gasteiger partial charge is 0.143 e. The van der Waals surface area contributed by atoms with Crippen molar-refractivity contribution in [3.63, 3.8) is 0 Å². The molecule has 0 amide bonds. The van der Waals surface area contributed by atoms with Crippen LogP contribution in [0.5, 0.6) is 0 Å². The molecule has 0 bridgehead atoms. The SMILES string of the molecule is C=CC.CC.CC(C)(C)c1ccc2ccc3c(-c4cccc(-c5cccc6c5oc5ccccc56)c4)ccc4ccc1c2c43. The summed E-state index contributed by atoms with van der Waals surface area (Å²) in [6, 6.07) is 42.0. The lowest BCUT2D eigenvalue weighted by Crippen LogP contribution is -2.11. The van der Waals surface area contributed by atoms with Gasteiger partial charge >= 0.3 is 0 Å². The number of para-hydroxylation sites is 2. The maximum atomic E-state index is 6.37. The Labute approximate surface area is 260 Å². The predicted octanol–water partition coefficient (Wildman–Crippen LogP) is 13.3. The van der Waals surface area contributed by atoms with Crippen molar-refractivity contribution in [3.8, 4) is 22.3 Å². The van der Waals surface area contributed by atoms with Crippen molar-refractivity contribution in [2.75, 3.05) is 0 Å². The van der Waals surface area contributed by atoms with Crippen LogP contribution >= 0.6 is 0 Å². The molecule has 44 heavy (non-hydrogen) atoms. The van der Waals surface area contributed by atoms with Crippen LogP contribution in [0.2, 0.25) is 0 Å². The van der Waals surface area contributed by atoms with E-state index in [2.05, 4.69) is 130 Å². The second-order valence-corrected chi connectivity index (χ2v) is 12.2. The van der Waals surface area contributed by atoms with Crippen LogP contribution in [0.15, 0.2) is 132 Å². The summed E-state index contributed by atoms with van der Waals surface area (Å²) in [5.41, 5.74) is 8.12. The van der Waals surface area contributed by atoms with Gasteiger partial charge in [-0.25, -0.2) is 0 Å². The van der Waals surface area contributed by atoms with Gasteiger partial charge in [-0.2, -0.15) is 0 Å². The fraction of sp³-hybridized carbons (Fsp3) is 0.163. The Balaban J connectivity index is 0.000000649. The number of hydrogen-bond donors (Lipinski definition) is 0. The van der Waals surface area contributed by atoms with Crippen molar-refractivity contribution >= 4 is 54.3 Å². The van der Waals surface area contributed by atoms with Crippen LogP contribution < -0.4 is 0 Å². The zero-order valence-electron chi connectivity index (χ0n) is 26.7. The topological polar surface area (TPSA) is 13.1 Å². The normalized spacial score (nSPS) is 11.5. The van der Waals surface area contributed by atoms with Gasteiger partial charge in [0.2, 0.25) is 0 Å². The lowest BCUT2D eigenvalue weighted by Gasteiger charge is -2.23. The lowest BCUT2D eigenvalue weighted by atomic mass is 9.80. The van der Waals surface area contributed by atoms with Gasteiger partial charge in [0.15, 0.2) is 0 Å². The van der Waals surface area contributed by atoms with E-state index in [0.29, 0.717) is 0 Å². The molecule has 1 heteroatoms. The molecule has 0 aliphatic carbocycles. The minimum absolute atomic E-state index is 0.0805. The molecular weight excluding hydrogens is 532 g/mol. The first-order valence-corrected chi connectivity index (χ1v) is 15.7. The van der Waals surface area contributed by atoms with E-state index in [4.69, 9.17) is 4.42 Å². The Kier molecular flexibility index (Phi) is 7.74. The van der Waals surface area contributed by atoms with Crippen molar-refractivity contribution < 1.29 is 4.42 Å². The van der Waals surface area contributed by atoms with E-state index >= 15 is 0 Å². The Morgan fingerprint density at radius 1 is 0.568 bits per heavy atom. The van der Waals surface area contributed by atoms with Crippen LogP contribution in [-0.2, 0) is 5.41 Å². The molecule has 0 aliphatic rings. The molecule has 1 aromatic heterocycles. The highest BCUT2D eigenvalue weighted by molar-refractivity contribution is 6.26. The van der Waals surface area contributed by atoms with Gasteiger partial charge in [-0.05, 0) is 79.0 Å². The third kappa shape index (κ3) is 4.83. The predicted molar refractivity (Wildman–Crippen MR) is 194 cm³/mol. The quantitative estimate of drug-likeness (QED) is 0.148. The van der Waals surface area contributed by atoms with Crippen molar-refractivity contribution in [1.29, 1.82) is 0 Å². The van der Waals surface area contributed by atoms with Crippen LogP contribution in [0.1, 0.15) is 47.1 Å².